The normalized spacial score (nSPS) is 16.3. The number of nitrogens with one attached hydrogen (secondary N) is 1. The van der Waals surface area contributed by atoms with Gasteiger partial charge in [-0.3, -0.25) is 14.7 Å². The topological polar surface area (TPSA) is 78.6 Å². The Kier molecular flexibility index (Phi) is 5.78. The van der Waals surface area contributed by atoms with Crippen LogP contribution in [0.2, 0.25) is 0 Å². The zero-order valence-corrected chi connectivity index (χ0v) is 18.5. The van der Waals surface area contributed by atoms with Gasteiger partial charge in [0.05, 0.1) is 5.60 Å². The molecule has 3 aromatic heterocycles. The first kappa shape index (κ1) is 20.9. The number of pyridine rings is 1. The van der Waals surface area contributed by atoms with E-state index in [1.807, 2.05) is 30.3 Å². The van der Waals surface area contributed by atoms with Crippen LogP contribution in [0.4, 0.5) is 0 Å². The van der Waals surface area contributed by atoms with Crippen molar-refractivity contribution in [2.45, 2.75) is 31.5 Å². The van der Waals surface area contributed by atoms with Crippen molar-refractivity contribution in [1.29, 1.82) is 0 Å². The van der Waals surface area contributed by atoms with Crippen molar-refractivity contribution in [3.63, 3.8) is 0 Å². The van der Waals surface area contributed by atoms with Crippen molar-refractivity contribution in [2.24, 2.45) is 0 Å². The summed E-state index contributed by atoms with van der Waals surface area (Å²) in [6.45, 7) is 3.00. The lowest BCUT2D eigenvalue weighted by atomic mass is 9.84. The number of thiophene rings is 1. The zero-order valence-electron chi connectivity index (χ0n) is 17.7. The third-order valence-electron chi connectivity index (χ3n) is 6.12. The van der Waals surface area contributed by atoms with E-state index >= 15 is 0 Å². The Morgan fingerprint density at radius 2 is 2.06 bits per heavy atom. The molecule has 4 heterocycles. The Morgan fingerprint density at radius 1 is 1.19 bits per heavy atom. The predicted molar refractivity (Wildman–Crippen MR) is 124 cm³/mol. The molecule has 1 amide bonds. The lowest BCUT2D eigenvalue weighted by molar-refractivity contribution is -0.0276. The van der Waals surface area contributed by atoms with Crippen LogP contribution >= 0.6 is 11.3 Å². The van der Waals surface area contributed by atoms with Crippen molar-refractivity contribution >= 4 is 28.2 Å². The maximum atomic E-state index is 12.5. The van der Waals surface area contributed by atoms with Gasteiger partial charge in [0.2, 0.25) is 0 Å². The molecule has 1 aliphatic heterocycles. The van der Waals surface area contributed by atoms with Crippen LogP contribution in [0.15, 0.2) is 70.0 Å². The number of rotatable bonds is 6. The van der Waals surface area contributed by atoms with E-state index in [1.54, 1.807) is 29.8 Å². The molecule has 1 fully saturated rings. The van der Waals surface area contributed by atoms with Gasteiger partial charge in [0, 0.05) is 44.0 Å². The molecule has 2 N–H and O–H groups in total. The number of nitrogens with zero attached hydrogens (tertiary/aromatic N) is 2. The summed E-state index contributed by atoms with van der Waals surface area (Å²) in [5, 5.41) is 19.3. The summed E-state index contributed by atoms with van der Waals surface area (Å²) in [5.74, 6) is -0.00864. The molecule has 0 saturated carbocycles. The minimum absolute atomic E-state index is 0.263. The molecule has 0 bridgehead atoms. The van der Waals surface area contributed by atoms with Gasteiger partial charge in [-0.05, 0) is 70.6 Å². The molecular weight excluding hydrogens is 422 g/mol. The van der Waals surface area contributed by atoms with Crippen LogP contribution in [0.3, 0.4) is 0 Å². The van der Waals surface area contributed by atoms with E-state index in [9.17, 15) is 9.90 Å². The highest BCUT2D eigenvalue weighted by atomic mass is 32.1. The van der Waals surface area contributed by atoms with Crippen LogP contribution in [0.5, 0.6) is 0 Å². The number of likely N-dealkylation sites (tertiary alicyclic amines) is 1. The average Bonchev–Trinajstić information content (AvgIpc) is 3.49. The van der Waals surface area contributed by atoms with Gasteiger partial charge in [-0.1, -0.05) is 12.1 Å². The number of furan rings is 1. The second-order valence-electron chi connectivity index (χ2n) is 8.35. The Bertz CT molecular complexity index is 1200. The first-order valence-electron chi connectivity index (χ1n) is 10.8. The zero-order chi connectivity index (χ0) is 22.0. The van der Waals surface area contributed by atoms with Gasteiger partial charge >= 0.3 is 0 Å². The molecule has 5 rings (SSSR count). The van der Waals surface area contributed by atoms with Gasteiger partial charge in [0.1, 0.15) is 5.58 Å². The SMILES string of the molecule is O=C(NCc1cccnc1)c1cc2cc(C3(O)CCN(Cc4ccsc4)CC3)ccc2o1. The van der Waals surface area contributed by atoms with Crippen LogP contribution in [0.1, 0.15) is 40.1 Å². The van der Waals surface area contributed by atoms with E-state index in [0.29, 0.717) is 25.0 Å². The number of hydrogen-bond acceptors (Lipinski definition) is 6. The fourth-order valence-electron chi connectivity index (χ4n) is 4.23. The molecule has 0 aliphatic carbocycles. The smallest absolute Gasteiger partial charge is 0.287 e. The van der Waals surface area contributed by atoms with E-state index < -0.39 is 5.60 Å². The summed E-state index contributed by atoms with van der Waals surface area (Å²) >= 11 is 1.72. The van der Waals surface area contributed by atoms with Crippen LogP contribution in [-0.2, 0) is 18.7 Å². The summed E-state index contributed by atoms with van der Waals surface area (Å²) in [6, 6.07) is 13.3. The fourth-order valence-corrected chi connectivity index (χ4v) is 4.89. The van der Waals surface area contributed by atoms with Gasteiger partial charge in [-0.15, -0.1) is 0 Å². The maximum absolute atomic E-state index is 12.5. The van der Waals surface area contributed by atoms with Crippen LogP contribution in [-0.4, -0.2) is 34.0 Å². The molecule has 1 aliphatic rings. The number of aromatic nitrogens is 1. The van der Waals surface area contributed by atoms with Crippen molar-refractivity contribution in [1.82, 2.24) is 15.2 Å². The second-order valence-corrected chi connectivity index (χ2v) is 9.13. The predicted octanol–water partition coefficient (Wildman–Crippen LogP) is 4.30. The Balaban J connectivity index is 1.26. The molecule has 0 unspecified atom stereocenters. The molecule has 4 aromatic rings. The summed E-state index contributed by atoms with van der Waals surface area (Å²) in [5.41, 5.74) is 2.91. The van der Waals surface area contributed by atoms with E-state index in [4.69, 9.17) is 4.42 Å². The highest BCUT2D eigenvalue weighted by Gasteiger charge is 2.34. The highest BCUT2D eigenvalue weighted by Crippen LogP contribution is 2.35. The number of aliphatic hydroxyl groups is 1. The fraction of sp³-hybridized carbons (Fsp3) is 0.280. The van der Waals surface area contributed by atoms with Crippen molar-refractivity contribution in [3.05, 3.63) is 88.1 Å². The van der Waals surface area contributed by atoms with E-state index in [1.165, 1.54) is 5.56 Å². The van der Waals surface area contributed by atoms with Gasteiger partial charge in [-0.2, -0.15) is 11.3 Å². The van der Waals surface area contributed by atoms with E-state index in [-0.39, 0.29) is 11.7 Å². The maximum Gasteiger partial charge on any atom is 0.287 e. The number of fused-ring (bicyclic) bond motifs is 1. The second kappa shape index (κ2) is 8.86. The quantitative estimate of drug-likeness (QED) is 0.461. The summed E-state index contributed by atoms with van der Waals surface area (Å²) in [4.78, 5) is 19.0. The third kappa shape index (κ3) is 4.46. The van der Waals surface area contributed by atoms with Gasteiger partial charge < -0.3 is 14.8 Å². The van der Waals surface area contributed by atoms with Crippen LogP contribution < -0.4 is 5.32 Å². The summed E-state index contributed by atoms with van der Waals surface area (Å²) in [7, 11) is 0. The first-order valence-corrected chi connectivity index (χ1v) is 11.7. The number of hydrogen-bond donors (Lipinski definition) is 2. The number of piperidine rings is 1. The molecule has 0 atom stereocenters. The highest BCUT2D eigenvalue weighted by molar-refractivity contribution is 7.07. The largest absolute Gasteiger partial charge is 0.451 e. The van der Waals surface area contributed by atoms with Gasteiger partial charge in [-0.25, -0.2) is 0 Å². The van der Waals surface area contributed by atoms with Crippen LogP contribution in [0, 0.1) is 0 Å². The number of amides is 1. The molecule has 1 saturated heterocycles. The lowest BCUT2D eigenvalue weighted by Gasteiger charge is -2.38. The minimum atomic E-state index is -0.862. The standard InChI is InChI=1S/C25H25N3O3S/c29-24(27-15-18-2-1-8-26-14-18)23-13-20-12-21(3-4-22(20)31-23)25(30)6-9-28(10-7-25)16-19-5-11-32-17-19/h1-5,8,11-14,17,30H,6-7,9-10,15-16H2,(H,27,29). The number of benzene rings is 1. The number of carbonyl (C=O) groups excluding carboxylic acids is 1. The lowest BCUT2D eigenvalue weighted by Crippen LogP contribution is -2.42. The third-order valence-corrected chi connectivity index (χ3v) is 6.85. The summed E-state index contributed by atoms with van der Waals surface area (Å²) in [6.07, 6.45) is 4.78. The Hall–Kier alpha value is -3.00. The Labute approximate surface area is 190 Å². The molecule has 0 spiro atoms. The number of carbonyl (C=O) groups is 1. The minimum Gasteiger partial charge on any atom is -0.451 e. The van der Waals surface area contributed by atoms with Crippen LogP contribution in [0.25, 0.3) is 11.0 Å². The molecule has 1 aromatic carbocycles. The van der Waals surface area contributed by atoms with Gasteiger partial charge in [0.15, 0.2) is 5.76 Å². The molecule has 164 valence electrons. The Morgan fingerprint density at radius 3 is 2.81 bits per heavy atom. The van der Waals surface area contributed by atoms with E-state index in [0.717, 1.165) is 36.1 Å². The average molecular weight is 448 g/mol. The molecule has 6 nitrogen and oxygen atoms in total. The molecular formula is C25H25N3O3S. The van der Waals surface area contributed by atoms with Crippen molar-refractivity contribution < 1.29 is 14.3 Å². The first-order chi connectivity index (χ1) is 15.6. The summed E-state index contributed by atoms with van der Waals surface area (Å²) < 4.78 is 5.75. The molecule has 7 heteroatoms. The monoisotopic (exact) mass is 447 g/mol. The molecule has 32 heavy (non-hydrogen) atoms. The van der Waals surface area contributed by atoms with Crippen molar-refractivity contribution in [3.8, 4) is 0 Å². The van der Waals surface area contributed by atoms with Gasteiger partial charge in [0.25, 0.3) is 5.91 Å². The van der Waals surface area contributed by atoms with E-state index in [2.05, 4.69) is 32.0 Å². The van der Waals surface area contributed by atoms with Crippen molar-refractivity contribution in [2.75, 3.05) is 13.1 Å². The molecule has 0 radical (unpaired) electrons.